The summed E-state index contributed by atoms with van der Waals surface area (Å²) in [4.78, 5) is 0. The molecule has 0 saturated heterocycles. The molecule has 2 rings (SSSR count). The third kappa shape index (κ3) is 4.42. The molecule has 21 heavy (non-hydrogen) atoms. The summed E-state index contributed by atoms with van der Waals surface area (Å²) >= 11 is 5.84. The smallest absolute Gasteiger partial charge is 0.236 e. The van der Waals surface area contributed by atoms with Gasteiger partial charge in [-0.1, -0.05) is 35.9 Å². The molecule has 2 aromatic carbocycles. The van der Waals surface area contributed by atoms with Gasteiger partial charge in [0.15, 0.2) is 0 Å². The number of nitrogens with one attached hydrogen (secondary N) is 1. The molecule has 0 aromatic heterocycles. The number of nitrogens with two attached hydrogens (primary N) is 1. The molecule has 0 amide bonds. The van der Waals surface area contributed by atoms with Crippen molar-refractivity contribution in [3.63, 3.8) is 0 Å². The van der Waals surface area contributed by atoms with Gasteiger partial charge in [-0.2, -0.15) is 0 Å². The molecule has 0 atom stereocenters. The van der Waals surface area contributed by atoms with Crippen molar-refractivity contribution >= 4 is 27.3 Å². The van der Waals surface area contributed by atoms with Crippen LogP contribution in [0.3, 0.4) is 0 Å². The van der Waals surface area contributed by atoms with Crippen LogP contribution in [0.1, 0.15) is 11.1 Å². The number of hydrogen-bond donors (Lipinski definition) is 2. The maximum Gasteiger partial charge on any atom is 0.236 e. The Balaban J connectivity index is 2.20. The van der Waals surface area contributed by atoms with Crippen LogP contribution in [0.2, 0.25) is 5.02 Å². The molecule has 3 N–H and O–H groups in total. The molecule has 2 aromatic rings. The van der Waals surface area contributed by atoms with Gasteiger partial charge in [0, 0.05) is 6.54 Å². The fraction of sp³-hybridized carbons (Fsp3) is 0.143. The van der Waals surface area contributed by atoms with Gasteiger partial charge >= 0.3 is 0 Å². The van der Waals surface area contributed by atoms with Gasteiger partial charge in [0.2, 0.25) is 10.0 Å². The zero-order valence-electron chi connectivity index (χ0n) is 11.0. The fourth-order valence-corrected chi connectivity index (χ4v) is 3.26. The summed E-state index contributed by atoms with van der Waals surface area (Å²) in [5.74, 6) is -0.810. The monoisotopic (exact) mass is 328 g/mol. The van der Waals surface area contributed by atoms with Gasteiger partial charge < -0.3 is 5.73 Å². The van der Waals surface area contributed by atoms with E-state index in [1.165, 1.54) is 6.07 Å². The predicted molar refractivity (Wildman–Crippen MR) is 82.0 cm³/mol. The van der Waals surface area contributed by atoms with Crippen LogP contribution in [0, 0.1) is 5.82 Å². The van der Waals surface area contributed by atoms with Crippen molar-refractivity contribution in [1.82, 2.24) is 0 Å². The first-order valence-corrected chi connectivity index (χ1v) is 8.16. The minimum Gasteiger partial charge on any atom is -0.326 e. The highest BCUT2D eigenvalue weighted by atomic mass is 35.5. The van der Waals surface area contributed by atoms with E-state index in [2.05, 4.69) is 4.72 Å². The normalized spacial score (nSPS) is 11.4. The molecule has 0 saturated carbocycles. The molecule has 0 radical (unpaired) electrons. The average molecular weight is 329 g/mol. The highest BCUT2D eigenvalue weighted by molar-refractivity contribution is 7.91. The molecule has 0 unspecified atom stereocenters. The van der Waals surface area contributed by atoms with E-state index in [0.717, 1.165) is 17.7 Å². The van der Waals surface area contributed by atoms with Crippen molar-refractivity contribution in [3.05, 3.63) is 64.4 Å². The van der Waals surface area contributed by atoms with Crippen LogP contribution in [0.15, 0.2) is 42.5 Å². The maximum atomic E-state index is 13.1. The largest absolute Gasteiger partial charge is 0.326 e. The van der Waals surface area contributed by atoms with E-state index < -0.39 is 15.8 Å². The van der Waals surface area contributed by atoms with E-state index in [0.29, 0.717) is 12.1 Å². The summed E-state index contributed by atoms with van der Waals surface area (Å²) in [6, 6.07) is 10.4. The Morgan fingerprint density at radius 3 is 2.57 bits per heavy atom. The summed E-state index contributed by atoms with van der Waals surface area (Å²) in [7, 11) is -3.69. The minimum absolute atomic E-state index is 0.0200. The Kier molecular flexibility index (Phi) is 4.82. The van der Waals surface area contributed by atoms with E-state index in [4.69, 9.17) is 17.3 Å². The molecule has 0 spiro atoms. The van der Waals surface area contributed by atoms with E-state index in [-0.39, 0.29) is 16.5 Å². The molecule has 4 nitrogen and oxygen atoms in total. The Hall–Kier alpha value is -1.63. The molecule has 0 aliphatic carbocycles. The average Bonchev–Trinajstić information content (AvgIpc) is 2.42. The second-order valence-electron chi connectivity index (χ2n) is 4.51. The highest BCUT2D eigenvalue weighted by Gasteiger charge is 2.14. The number of halogens is 2. The number of benzene rings is 2. The summed E-state index contributed by atoms with van der Waals surface area (Å²) in [6.45, 7) is 0.330. The lowest BCUT2D eigenvalue weighted by molar-refractivity contribution is 0.600. The lowest BCUT2D eigenvalue weighted by atomic mass is 10.1. The molecule has 0 aliphatic heterocycles. The summed E-state index contributed by atoms with van der Waals surface area (Å²) in [5.41, 5.74) is 6.97. The van der Waals surface area contributed by atoms with E-state index in [1.54, 1.807) is 18.2 Å². The van der Waals surface area contributed by atoms with Crippen molar-refractivity contribution in [1.29, 1.82) is 0 Å². The quantitative estimate of drug-likeness (QED) is 0.886. The predicted octanol–water partition coefficient (Wildman–Crippen LogP) is 2.88. The maximum absolute atomic E-state index is 13.1. The number of anilines is 1. The van der Waals surface area contributed by atoms with Crippen LogP contribution in [0.4, 0.5) is 10.1 Å². The van der Waals surface area contributed by atoms with Gasteiger partial charge in [-0.15, -0.1) is 0 Å². The van der Waals surface area contributed by atoms with Crippen LogP contribution in [0.5, 0.6) is 0 Å². The highest BCUT2D eigenvalue weighted by Crippen LogP contribution is 2.24. The van der Waals surface area contributed by atoms with Crippen molar-refractivity contribution < 1.29 is 12.8 Å². The Morgan fingerprint density at radius 2 is 1.86 bits per heavy atom. The molecular formula is C14H14ClFN2O2S. The number of sulfonamides is 1. The molecule has 0 bridgehead atoms. The van der Waals surface area contributed by atoms with Gasteiger partial charge in [0.05, 0.1) is 16.5 Å². The molecule has 0 aliphatic rings. The van der Waals surface area contributed by atoms with Crippen LogP contribution in [-0.4, -0.2) is 8.42 Å². The lowest BCUT2D eigenvalue weighted by Gasteiger charge is -2.10. The fourth-order valence-electron chi connectivity index (χ4n) is 1.85. The molecule has 0 fully saturated rings. The Bertz CT molecular complexity index is 750. The van der Waals surface area contributed by atoms with E-state index in [1.807, 2.05) is 6.07 Å². The summed E-state index contributed by atoms with van der Waals surface area (Å²) in [5, 5.41) is 0.135. The summed E-state index contributed by atoms with van der Waals surface area (Å²) < 4.78 is 39.6. The van der Waals surface area contributed by atoms with Crippen molar-refractivity contribution in [2.75, 3.05) is 4.72 Å². The van der Waals surface area contributed by atoms with E-state index >= 15 is 0 Å². The van der Waals surface area contributed by atoms with Crippen molar-refractivity contribution in [2.45, 2.75) is 12.3 Å². The van der Waals surface area contributed by atoms with Crippen LogP contribution in [0.25, 0.3) is 0 Å². The molecular weight excluding hydrogens is 315 g/mol. The van der Waals surface area contributed by atoms with Crippen LogP contribution < -0.4 is 10.5 Å². The van der Waals surface area contributed by atoms with Crippen LogP contribution >= 0.6 is 11.6 Å². The topological polar surface area (TPSA) is 72.2 Å². The van der Waals surface area contributed by atoms with Gasteiger partial charge in [-0.3, -0.25) is 4.72 Å². The standard InChI is InChI=1S/C14H14ClFN2O2S/c15-13-5-4-12(16)7-14(13)18-21(19,20)9-11-3-1-2-10(6-11)8-17/h1-7,18H,8-9,17H2. The SMILES string of the molecule is NCc1cccc(CS(=O)(=O)Nc2cc(F)ccc2Cl)c1. The second kappa shape index (κ2) is 6.43. The van der Waals surface area contributed by atoms with Crippen molar-refractivity contribution in [3.8, 4) is 0 Å². The van der Waals surface area contributed by atoms with Gasteiger partial charge in [0.25, 0.3) is 0 Å². The zero-order valence-corrected chi connectivity index (χ0v) is 12.6. The first-order chi connectivity index (χ1) is 9.89. The Morgan fingerprint density at radius 1 is 1.14 bits per heavy atom. The molecule has 0 heterocycles. The lowest BCUT2D eigenvalue weighted by Crippen LogP contribution is -2.15. The van der Waals surface area contributed by atoms with Gasteiger partial charge in [-0.05, 0) is 29.3 Å². The zero-order chi connectivity index (χ0) is 15.5. The first-order valence-electron chi connectivity index (χ1n) is 6.13. The van der Waals surface area contributed by atoms with Crippen molar-refractivity contribution in [2.24, 2.45) is 5.73 Å². The second-order valence-corrected chi connectivity index (χ2v) is 6.64. The van der Waals surface area contributed by atoms with Crippen LogP contribution in [-0.2, 0) is 22.3 Å². The number of hydrogen-bond acceptors (Lipinski definition) is 3. The Labute approximate surface area is 127 Å². The third-order valence-electron chi connectivity index (χ3n) is 2.78. The van der Waals surface area contributed by atoms with Gasteiger partial charge in [-0.25, -0.2) is 12.8 Å². The molecule has 7 heteroatoms. The first kappa shape index (κ1) is 15.8. The third-order valence-corrected chi connectivity index (χ3v) is 4.35. The van der Waals surface area contributed by atoms with Gasteiger partial charge in [0.1, 0.15) is 5.82 Å². The minimum atomic E-state index is -3.69. The number of rotatable bonds is 5. The summed E-state index contributed by atoms with van der Waals surface area (Å²) in [6.07, 6.45) is 0. The van der Waals surface area contributed by atoms with E-state index in [9.17, 15) is 12.8 Å². The molecule has 112 valence electrons.